The van der Waals surface area contributed by atoms with Crippen molar-refractivity contribution in [2.45, 2.75) is 32.7 Å². The quantitative estimate of drug-likeness (QED) is 0.609. The van der Waals surface area contributed by atoms with Gasteiger partial charge >= 0.3 is 0 Å². The molecular formula is C17H20N2O2. The predicted octanol–water partition coefficient (Wildman–Crippen LogP) is 4.86. The summed E-state index contributed by atoms with van der Waals surface area (Å²) in [5, 5.41) is 14.4. The summed E-state index contributed by atoms with van der Waals surface area (Å²) in [5.41, 5.74) is 3.33. The molecule has 0 bridgehead atoms. The van der Waals surface area contributed by atoms with Crippen LogP contribution in [-0.2, 0) is 0 Å². The Labute approximate surface area is 125 Å². The number of rotatable bonds is 6. The van der Waals surface area contributed by atoms with Crippen molar-refractivity contribution in [1.82, 2.24) is 0 Å². The smallest absolute Gasteiger partial charge is 0.269 e. The molecule has 0 aromatic heterocycles. The van der Waals surface area contributed by atoms with Crippen molar-refractivity contribution in [3.8, 4) is 0 Å². The number of para-hydroxylation sites is 1. The summed E-state index contributed by atoms with van der Waals surface area (Å²) in [4.78, 5) is 10.6. The molecule has 110 valence electrons. The van der Waals surface area contributed by atoms with Gasteiger partial charge in [0.05, 0.1) is 11.0 Å². The Hall–Kier alpha value is -2.36. The van der Waals surface area contributed by atoms with Crippen LogP contribution in [0.4, 0.5) is 11.4 Å². The van der Waals surface area contributed by atoms with Crippen LogP contribution in [0.25, 0.3) is 0 Å². The maximum atomic E-state index is 10.9. The summed E-state index contributed by atoms with van der Waals surface area (Å²) in [5.74, 6) is 0. The third kappa shape index (κ3) is 3.81. The summed E-state index contributed by atoms with van der Waals surface area (Å²) in [6, 6.07) is 15.0. The van der Waals surface area contributed by atoms with Crippen molar-refractivity contribution < 1.29 is 4.92 Å². The second-order valence-electron chi connectivity index (χ2n) is 5.15. The van der Waals surface area contributed by atoms with Crippen molar-refractivity contribution in [3.05, 3.63) is 69.8 Å². The molecule has 0 aliphatic rings. The molecule has 4 heteroatoms. The number of nitro groups is 1. The first-order valence-corrected chi connectivity index (χ1v) is 7.18. The highest BCUT2D eigenvalue weighted by Crippen LogP contribution is 2.27. The molecule has 2 rings (SSSR count). The Kier molecular flexibility index (Phi) is 4.93. The third-order valence-corrected chi connectivity index (χ3v) is 3.54. The van der Waals surface area contributed by atoms with Crippen LogP contribution in [0.1, 0.15) is 36.9 Å². The molecule has 0 aliphatic carbocycles. The lowest BCUT2D eigenvalue weighted by atomic mass is 10.0. The lowest BCUT2D eigenvalue weighted by Crippen LogP contribution is -2.11. The second kappa shape index (κ2) is 6.88. The lowest BCUT2D eigenvalue weighted by Gasteiger charge is -2.21. The van der Waals surface area contributed by atoms with Crippen molar-refractivity contribution >= 4 is 11.4 Å². The van der Waals surface area contributed by atoms with E-state index in [-0.39, 0.29) is 16.7 Å². The Morgan fingerprint density at radius 3 is 2.62 bits per heavy atom. The molecule has 1 unspecified atom stereocenters. The summed E-state index contributed by atoms with van der Waals surface area (Å²) in [7, 11) is 0. The molecule has 0 radical (unpaired) electrons. The fraction of sp³-hybridized carbons (Fsp3) is 0.294. The molecule has 1 atom stereocenters. The van der Waals surface area contributed by atoms with Crippen LogP contribution >= 0.6 is 0 Å². The van der Waals surface area contributed by atoms with E-state index in [0.717, 1.165) is 24.1 Å². The summed E-state index contributed by atoms with van der Waals surface area (Å²) in [6.07, 6.45) is 1.93. The first-order valence-electron chi connectivity index (χ1n) is 7.18. The van der Waals surface area contributed by atoms with Crippen LogP contribution in [0.3, 0.4) is 0 Å². The van der Waals surface area contributed by atoms with E-state index < -0.39 is 0 Å². The SMILES string of the molecule is CCCC(Nc1ccccc1C)c1cccc([N+](=O)[O-])c1. The van der Waals surface area contributed by atoms with E-state index in [9.17, 15) is 10.1 Å². The van der Waals surface area contributed by atoms with Crippen molar-refractivity contribution in [1.29, 1.82) is 0 Å². The van der Waals surface area contributed by atoms with E-state index in [1.54, 1.807) is 12.1 Å². The standard InChI is InChI=1S/C17H20N2O2/c1-3-7-17(18-16-11-5-4-8-13(16)2)14-9-6-10-15(12-14)19(20)21/h4-6,8-12,17-18H,3,7H2,1-2H3. The molecule has 2 aromatic rings. The van der Waals surface area contributed by atoms with Gasteiger partial charge in [0.15, 0.2) is 0 Å². The van der Waals surface area contributed by atoms with Gasteiger partial charge in [-0.25, -0.2) is 0 Å². The van der Waals surface area contributed by atoms with Crippen LogP contribution in [0, 0.1) is 17.0 Å². The molecule has 21 heavy (non-hydrogen) atoms. The van der Waals surface area contributed by atoms with E-state index in [1.165, 1.54) is 11.6 Å². The van der Waals surface area contributed by atoms with Gasteiger partial charge < -0.3 is 5.32 Å². The highest BCUT2D eigenvalue weighted by atomic mass is 16.6. The monoisotopic (exact) mass is 284 g/mol. The molecular weight excluding hydrogens is 264 g/mol. The Balaban J connectivity index is 2.28. The topological polar surface area (TPSA) is 55.2 Å². The summed E-state index contributed by atoms with van der Waals surface area (Å²) in [6.45, 7) is 4.17. The Morgan fingerprint density at radius 1 is 1.19 bits per heavy atom. The zero-order valence-corrected chi connectivity index (χ0v) is 12.4. The molecule has 0 spiro atoms. The third-order valence-electron chi connectivity index (χ3n) is 3.54. The largest absolute Gasteiger partial charge is 0.378 e. The number of nitrogens with zero attached hydrogens (tertiary/aromatic N) is 1. The average molecular weight is 284 g/mol. The van der Waals surface area contributed by atoms with Crippen LogP contribution < -0.4 is 5.32 Å². The minimum atomic E-state index is -0.347. The van der Waals surface area contributed by atoms with Gasteiger partial charge in [-0.05, 0) is 30.5 Å². The van der Waals surface area contributed by atoms with E-state index in [4.69, 9.17) is 0 Å². The zero-order valence-electron chi connectivity index (χ0n) is 12.4. The van der Waals surface area contributed by atoms with Crippen molar-refractivity contribution in [2.24, 2.45) is 0 Å². The van der Waals surface area contributed by atoms with Crippen LogP contribution in [0.2, 0.25) is 0 Å². The molecule has 0 saturated carbocycles. The number of nitro benzene ring substituents is 1. The minimum absolute atomic E-state index is 0.0796. The van der Waals surface area contributed by atoms with Crippen molar-refractivity contribution in [2.75, 3.05) is 5.32 Å². The zero-order chi connectivity index (χ0) is 15.2. The van der Waals surface area contributed by atoms with E-state index in [0.29, 0.717) is 0 Å². The molecule has 2 aromatic carbocycles. The van der Waals surface area contributed by atoms with Crippen molar-refractivity contribution in [3.63, 3.8) is 0 Å². The predicted molar refractivity (Wildman–Crippen MR) is 85.5 cm³/mol. The second-order valence-corrected chi connectivity index (χ2v) is 5.15. The molecule has 0 saturated heterocycles. The molecule has 0 aliphatic heterocycles. The number of nitrogens with one attached hydrogen (secondary N) is 1. The van der Waals surface area contributed by atoms with Gasteiger partial charge in [0.2, 0.25) is 0 Å². The molecule has 1 N–H and O–H groups in total. The summed E-state index contributed by atoms with van der Waals surface area (Å²) >= 11 is 0. The van der Waals surface area contributed by atoms with Gasteiger partial charge in [-0.15, -0.1) is 0 Å². The van der Waals surface area contributed by atoms with Crippen LogP contribution in [0.15, 0.2) is 48.5 Å². The first-order chi connectivity index (χ1) is 10.1. The first kappa shape index (κ1) is 15.0. The van der Waals surface area contributed by atoms with Gasteiger partial charge in [-0.1, -0.05) is 43.7 Å². The molecule has 0 fully saturated rings. The van der Waals surface area contributed by atoms with E-state index >= 15 is 0 Å². The Bertz CT molecular complexity index is 626. The van der Waals surface area contributed by atoms with E-state index in [1.807, 2.05) is 24.3 Å². The highest BCUT2D eigenvalue weighted by molar-refractivity contribution is 5.52. The fourth-order valence-electron chi connectivity index (χ4n) is 2.39. The van der Waals surface area contributed by atoms with Crippen LogP contribution in [0.5, 0.6) is 0 Å². The van der Waals surface area contributed by atoms with Gasteiger partial charge in [0.25, 0.3) is 5.69 Å². The maximum absolute atomic E-state index is 10.9. The number of hydrogen-bond donors (Lipinski definition) is 1. The maximum Gasteiger partial charge on any atom is 0.269 e. The fourth-order valence-corrected chi connectivity index (χ4v) is 2.39. The number of anilines is 1. The molecule has 4 nitrogen and oxygen atoms in total. The van der Waals surface area contributed by atoms with E-state index in [2.05, 4.69) is 25.2 Å². The average Bonchev–Trinajstić information content (AvgIpc) is 2.49. The Morgan fingerprint density at radius 2 is 1.95 bits per heavy atom. The van der Waals surface area contributed by atoms with Crippen LogP contribution in [-0.4, -0.2) is 4.92 Å². The number of benzene rings is 2. The molecule has 0 heterocycles. The number of hydrogen-bond acceptors (Lipinski definition) is 3. The normalized spacial score (nSPS) is 11.9. The lowest BCUT2D eigenvalue weighted by molar-refractivity contribution is -0.384. The highest BCUT2D eigenvalue weighted by Gasteiger charge is 2.14. The van der Waals surface area contributed by atoms with Gasteiger partial charge in [0, 0.05) is 17.8 Å². The summed E-state index contributed by atoms with van der Waals surface area (Å²) < 4.78 is 0. The molecule has 0 amide bonds. The van der Waals surface area contributed by atoms with Gasteiger partial charge in [-0.2, -0.15) is 0 Å². The number of aryl methyl sites for hydroxylation is 1. The van der Waals surface area contributed by atoms with Gasteiger partial charge in [0.1, 0.15) is 0 Å². The van der Waals surface area contributed by atoms with Gasteiger partial charge in [-0.3, -0.25) is 10.1 Å². The minimum Gasteiger partial charge on any atom is -0.378 e. The number of non-ortho nitro benzene ring substituents is 1.